The SMILES string of the molecule is C=C(C)c1ccc(-c2nccc3[nH]c(-c4n[nH]c5cnc(-c6cncc(NC(=C)C(C)(C)C)c6)cc45)cc23)s1. The molecule has 0 amide bonds. The number of nitrogens with one attached hydrogen (secondary N) is 3. The van der Waals surface area contributed by atoms with Gasteiger partial charge in [-0.25, -0.2) is 0 Å². The van der Waals surface area contributed by atoms with E-state index < -0.39 is 0 Å². The molecule has 6 rings (SSSR count). The second-order valence-corrected chi connectivity index (χ2v) is 11.8. The average molecular weight is 532 g/mol. The highest BCUT2D eigenvalue weighted by Gasteiger charge is 2.18. The first-order valence-corrected chi connectivity index (χ1v) is 13.5. The molecular weight excluding hydrogens is 502 g/mol. The second kappa shape index (κ2) is 9.32. The van der Waals surface area contributed by atoms with Gasteiger partial charge in [0.15, 0.2) is 0 Å². The van der Waals surface area contributed by atoms with E-state index in [0.717, 1.165) is 76.9 Å². The standard InChI is InChI=1S/C31H29N7S/c1-17(2)27-7-8-28(39-27)30-21-13-25(36-23(21)9-10-33-30)29-22-12-24(34-16-26(22)37-38-29)19-11-20(15-32-14-19)35-18(3)31(4,5)6/h7-16,35-36H,1,3H2,2,4-6H3,(H,37,38). The van der Waals surface area contributed by atoms with Gasteiger partial charge in [0.2, 0.25) is 0 Å². The van der Waals surface area contributed by atoms with E-state index in [0.29, 0.717) is 0 Å². The van der Waals surface area contributed by atoms with Gasteiger partial charge >= 0.3 is 0 Å². The van der Waals surface area contributed by atoms with Crippen LogP contribution in [0.25, 0.3) is 60.6 Å². The van der Waals surface area contributed by atoms with Crippen molar-refractivity contribution < 1.29 is 0 Å². The number of rotatable bonds is 6. The van der Waals surface area contributed by atoms with Gasteiger partial charge in [0.05, 0.1) is 45.6 Å². The smallest absolute Gasteiger partial charge is 0.116 e. The molecule has 0 aliphatic rings. The summed E-state index contributed by atoms with van der Waals surface area (Å²) in [5.74, 6) is 0. The number of thiophene rings is 1. The summed E-state index contributed by atoms with van der Waals surface area (Å²) in [5.41, 5.74) is 9.06. The van der Waals surface area contributed by atoms with Gasteiger partial charge in [-0.15, -0.1) is 11.3 Å². The van der Waals surface area contributed by atoms with Crippen LogP contribution in [-0.4, -0.2) is 30.1 Å². The number of pyridine rings is 3. The summed E-state index contributed by atoms with van der Waals surface area (Å²) in [4.78, 5) is 19.6. The summed E-state index contributed by atoms with van der Waals surface area (Å²) in [6, 6.07) is 12.4. The lowest BCUT2D eigenvalue weighted by atomic mass is 9.93. The number of nitrogens with zero attached hydrogens (tertiary/aromatic N) is 4. The molecule has 8 heteroatoms. The van der Waals surface area contributed by atoms with E-state index in [9.17, 15) is 0 Å². The van der Waals surface area contributed by atoms with E-state index in [4.69, 9.17) is 4.98 Å². The molecule has 0 spiro atoms. The van der Waals surface area contributed by atoms with Gasteiger partial charge in [-0.2, -0.15) is 5.10 Å². The largest absolute Gasteiger partial charge is 0.358 e. The molecule has 39 heavy (non-hydrogen) atoms. The van der Waals surface area contributed by atoms with Crippen molar-refractivity contribution in [3.63, 3.8) is 0 Å². The third-order valence-corrected chi connectivity index (χ3v) is 8.00. The number of hydrogen-bond donors (Lipinski definition) is 3. The van der Waals surface area contributed by atoms with E-state index in [1.807, 2.05) is 37.6 Å². The van der Waals surface area contributed by atoms with Gasteiger partial charge < -0.3 is 10.3 Å². The van der Waals surface area contributed by atoms with Crippen molar-refractivity contribution >= 4 is 44.4 Å². The lowest BCUT2D eigenvalue weighted by molar-refractivity contribution is 0.509. The number of aromatic amines is 2. The second-order valence-electron chi connectivity index (χ2n) is 10.8. The molecule has 194 valence electrons. The molecule has 0 unspecified atom stereocenters. The number of aromatic nitrogens is 6. The molecule has 0 saturated heterocycles. The Bertz CT molecular complexity index is 1880. The van der Waals surface area contributed by atoms with Gasteiger partial charge in [-0.05, 0) is 48.9 Å². The third-order valence-electron chi connectivity index (χ3n) is 6.75. The van der Waals surface area contributed by atoms with E-state index in [1.54, 1.807) is 17.5 Å². The maximum atomic E-state index is 4.71. The van der Waals surface area contributed by atoms with Crippen molar-refractivity contribution in [2.75, 3.05) is 5.32 Å². The Morgan fingerprint density at radius 3 is 2.51 bits per heavy atom. The van der Waals surface area contributed by atoms with Crippen molar-refractivity contribution in [2.24, 2.45) is 5.41 Å². The molecule has 6 aromatic rings. The minimum Gasteiger partial charge on any atom is -0.358 e. The summed E-state index contributed by atoms with van der Waals surface area (Å²) in [5, 5.41) is 13.2. The zero-order chi connectivity index (χ0) is 27.3. The van der Waals surface area contributed by atoms with Crippen LogP contribution in [0.4, 0.5) is 5.69 Å². The molecule has 0 aromatic carbocycles. The quantitative estimate of drug-likeness (QED) is 0.201. The molecule has 0 radical (unpaired) electrons. The van der Waals surface area contributed by atoms with Crippen molar-refractivity contribution in [1.82, 2.24) is 30.1 Å². The minimum atomic E-state index is -0.0653. The summed E-state index contributed by atoms with van der Waals surface area (Å²) in [6.45, 7) is 16.6. The number of fused-ring (bicyclic) bond motifs is 2. The van der Waals surface area contributed by atoms with Gasteiger partial charge in [0, 0.05) is 50.2 Å². The number of allylic oxidation sites excluding steroid dienone is 2. The Balaban J connectivity index is 1.39. The molecule has 0 aliphatic carbocycles. The summed E-state index contributed by atoms with van der Waals surface area (Å²) >= 11 is 1.70. The molecule has 6 aromatic heterocycles. The van der Waals surface area contributed by atoms with Gasteiger partial charge in [-0.3, -0.25) is 20.1 Å². The molecular formula is C31H29N7S. The monoisotopic (exact) mass is 531 g/mol. The fourth-order valence-corrected chi connectivity index (χ4v) is 5.30. The number of anilines is 1. The molecule has 3 N–H and O–H groups in total. The van der Waals surface area contributed by atoms with Crippen LogP contribution < -0.4 is 5.32 Å². The third kappa shape index (κ3) is 4.64. The van der Waals surface area contributed by atoms with Crippen LogP contribution in [0.2, 0.25) is 0 Å². The summed E-state index contributed by atoms with van der Waals surface area (Å²) < 4.78 is 0. The Labute approximate surface area is 230 Å². The number of hydrogen-bond acceptors (Lipinski definition) is 6. The van der Waals surface area contributed by atoms with Crippen LogP contribution in [0, 0.1) is 5.41 Å². The lowest BCUT2D eigenvalue weighted by Gasteiger charge is -2.23. The molecule has 0 bridgehead atoms. The molecule has 7 nitrogen and oxygen atoms in total. The van der Waals surface area contributed by atoms with Crippen molar-refractivity contribution in [2.45, 2.75) is 27.7 Å². The van der Waals surface area contributed by atoms with Crippen LogP contribution in [0.15, 0.2) is 80.0 Å². The van der Waals surface area contributed by atoms with Crippen molar-refractivity contribution in [1.29, 1.82) is 0 Å². The Morgan fingerprint density at radius 1 is 0.923 bits per heavy atom. The van der Waals surface area contributed by atoms with Gasteiger partial charge in [0.25, 0.3) is 0 Å². The number of H-pyrrole nitrogens is 2. The van der Waals surface area contributed by atoms with Crippen molar-refractivity contribution in [3.8, 4) is 33.2 Å². The topological polar surface area (TPSA) is 95.2 Å². The van der Waals surface area contributed by atoms with Crippen molar-refractivity contribution in [3.05, 3.63) is 84.9 Å². The van der Waals surface area contributed by atoms with Gasteiger partial charge in [0.1, 0.15) is 5.69 Å². The van der Waals surface area contributed by atoms with Crippen LogP contribution in [0.3, 0.4) is 0 Å². The highest BCUT2D eigenvalue weighted by atomic mass is 32.1. The zero-order valence-electron chi connectivity index (χ0n) is 22.4. The maximum Gasteiger partial charge on any atom is 0.116 e. The molecule has 6 heterocycles. The predicted octanol–water partition coefficient (Wildman–Crippen LogP) is 8.30. The average Bonchev–Trinajstić information content (AvgIpc) is 3.65. The highest BCUT2D eigenvalue weighted by molar-refractivity contribution is 7.16. The Morgan fingerprint density at radius 2 is 1.74 bits per heavy atom. The van der Waals surface area contributed by atoms with E-state index in [-0.39, 0.29) is 5.41 Å². The minimum absolute atomic E-state index is 0.0653. The first kappa shape index (κ1) is 24.8. The first-order valence-electron chi connectivity index (χ1n) is 12.7. The fourth-order valence-electron chi connectivity index (χ4n) is 4.36. The molecule has 0 saturated carbocycles. The predicted molar refractivity (Wildman–Crippen MR) is 162 cm³/mol. The van der Waals surface area contributed by atoms with Crippen LogP contribution in [-0.2, 0) is 0 Å². The van der Waals surface area contributed by atoms with Gasteiger partial charge in [-0.1, -0.05) is 33.9 Å². The summed E-state index contributed by atoms with van der Waals surface area (Å²) in [6.07, 6.45) is 7.27. The summed E-state index contributed by atoms with van der Waals surface area (Å²) in [7, 11) is 0. The Hall–Kier alpha value is -4.56. The maximum absolute atomic E-state index is 4.71. The Kier molecular flexibility index (Phi) is 5.92. The van der Waals surface area contributed by atoms with E-state index >= 15 is 0 Å². The lowest BCUT2D eigenvalue weighted by Crippen LogP contribution is -2.15. The molecule has 0 fully saturated rings. The highest BCUT2D eigenvalue weighted by Crippen LogP contribution is 2.37. The molecule has 0 aliphatic heterocycles. The van der Waals surface area contributed by atoms with E-state index in [1.165, 1.54) is 0 Å². The molecule has 0 atom stereocenters. The fraction of sp³-hybridized carbons (Fsp3) is 0.161. The van der Waals surface area contributed by atoms with Crippen LogP contribution >= 0.6 is 11.3 Å². The first-order chi connectivity index (χ1) is 18.7. The van der Waals surface area contributed by atoms with Crippen LogP contribution in [0.1, 0.15) is 32.6 Å². The normalized spacial score (nSPS) is 11.8. The zero-order valence-corrected chi connectivity index (χ0v) is 23.2. The van der Waals surface area contributed by atoms with E-state index in [2.05, 4.69) is 88.7 Å². The van der Waals surface area contributed by atoms with Crippen LogP contribution in [0.5, 0.6) is 0 Å².